The van der Waals surface area contributed by atoms with Crippen molar-refractivity contribution in [1.29, 1.82) is 0 Å². The topological polar surface area (TPSA) is 74.6 Å². The lowest BCUT2D eigenvalue weighted by atomic mass is 9.87. The van der Waals surface area contributed by atoms with Gasteiger partial charge in [0.15, 0.2) is 11.6 Å². The number of aromatic hydroxyl groups is 2. The van der Waals surface area contributed by atoms with Crippen LogP contribution in [0.2, 0.25) is 0 Å². The van der Waals surface area contributed by atoms with E-state index >= 15 is 0 Å². The Morgan fingerprint density at radius 3 is 1.17 bits per heavy atom. The number of phenols is 2. The standard InChI is InChI=1S/C38H40O4/c1-37(2,3)23-27-13-19-31(33(39)21-27)35(41)29-15-9-25(10-16-29)7-8-26-11-17-30(18-12-26)36(42)32-20-14-28(22-34(32)40)24-38(4,5)6/h7-22,39-40H,23-24H2,1-6H3/b8-7+. The van der Waals surface area contributed by atoms with Gasteiger partial charge in [-0.1, -0.05) is 114 Å². The molecule has 0 bridgehead atoms. The molecule has 0 unspecified atom stereocenters. The van der Waals surface area contributed by atoms with Crippen LogP contribution in [0.1, 0.15) is 95.6 Å². The van der Waals surface area contributed by atoms with Crippen LogP contribution in [0.5, 0.6) is 11.5 Å². The van der Waals surface area contributed by atoms with Crippen LogP contribution in [-0.2, 0) is 12.8 Å². The van der Waals surface area contributed by atoms with Crippen LogP contribution in [0.3, 0.4) is 0 Å². The molecule has 4 nitrogen and oxygen atoms in total. The molecule has 0 aromatic heterocycles. The van der Waals surface area contributed by atoms with Crippen LogP contribution in [0.15, 0.2) is 84.9 Å². The predicted octanol–water partition coefficient (Wildman–Crippen LogP) is 8.91. The minimum Gasteiger partial charge on any atom is -0.507 e. The number of phenolic OH excluding ortho intramolecular Hbond substituents is 2. The molecule has 0 saturated heterocycles. The van der Waals surface area contributed by atoms with E-state index in [9.17, 15) is 19.8 Å². The number of hydrogen-bond donors (Lipinski definition) is 2. The van der Waals surface area contributed by atoms with Gasteiger partial charge < -0.3 is 10.2 Å². The summed E-state index contributed by atoms with van der Waals surface area (Å²) in [6.07, 6.45) is 5.49. The third-order valence-corrected chi connectivity index (χ3v) is 6.90. The normalized spacial score (nSPS) is 12.0. The van der Waals surface area contributed by atoms with Crippen molar-refractivity contribution < 1.29 is 19.8 Å². The zero-order valence-electron chi connectivity index (χ0n) is 25.4. The highest BCUT2D eigenvalue weighted by Gasteiger charge is 2.18. The van der Waals surface area contributed by atoms with Gasteiger partial charge in [-0.2, -0.15) is 0 Å². The Labute approximate surface area is 249 Å². The summed E-state index contributed by atoms with van der Waals surface area (Å²) in [7, 11) is 0. The minimum atomic E-state index is -0.222. The Balaban J connectivity index is 1.41. The van der Waals surface area contributed by atoms with E-state index in [1.807, 2.05) is 48.6 Å². The van der Waals surface area contributed by atoms with Crippen LogP contribution in [0.25, 0.3) is 12.2 Å². The van der Waals surface area contributed by atoms with E-state index in [-0.39, 0.29) is 33.9 Å². The molecular weight excluding hydrogens is 520 g/mol. The van der Waals surface area contributed by atoms with Crippen molar-refractivity contribution in [2.24, 2.45) is 10.8 Å². The molecule has 0 amide bonds. The second kappa shape index (κ2) is 12.2. The summed E-state index contributed by atoms with van der Waals surface area (Å²) in [4.78, 5) is 26.0. The fraction of sp³-hybridized carbons (Fsp3) is 0.263. The number of carbonyl (C=O) groups is 2. The lowest BCUT2D eigenvalue weighted by Crippen LogP contribution is -2.09. The van der Waals surface area contributed by atoms with Gasteiger partial charge in [-0.15, -0.1) is 0 Å². The highest BCUT2D eigenvalue weighted by molar-refractivity contribution is 6.11. The molecule has 216 valence electrons. The molecule has 0 fully saturated rings. The van der Waals surface area contributed by atoms with Gasteiger partial charge in [0, 0.05) is 11.1 Å². The van der Waals surface area contributed by atoms with Gasteiger partial charge in [0.05, 0.1) is 11.1 Å². The molecule has 4 aromatic carbocycles. The van der Waals surface area contributed by atoms with E-state index in [1.54, 1.807) is 48.5 Å². The first-order valence-corrected chi connectivity index (χ1v) is 14.3. The van der Waals surface area contributed by atoms with Crippen LogP contribution in [0, 0.1) is 10.8 Å². The van der Waals surface area contributed by atoms with Crippen molar-refractivity contribution in [3.63, 3.8) is 0 Å². The number of benzene rings is 4. The maximum atomic E-state index is 13.0. The van der Waals surface area contributed by atoms with E-state index in [0.717, 1.165) is 35.1 Å². The highest BCUT2D eigenvalue weighted by Crippen LogP contribution is 2.28. The minimum absolute atomic E-state index is 0.000383. The number of rotatable bonds is 8. The fourth-order valence-electron chi connectivity index (χ4n) is 4.98. The highest BCUT2D eigenvalue weighted by atomic mass is 16.3. The molecule has 0 spiro atoms. The zero-order valence-corrected chi connectivity index (χ0v) is 25.4. The Morgan fingerprint density at radius 2 is 0.881 bits per heavy atom. The van der Waals surface area contributed by atoms with Gasteiger partial charge >= 0.3 is 0 Å². The van der Waals surface area contributed by atoms with Crippen molar-refractivity contribution in [1.82, 2.24) is 0 Å². The molecule has 4 aromatic rings. The van der Waals surface area contributed by atoms with Crippen molar-refractivity contribution >= 4 is 23.7 Å². The van der Waals surface area contributed by atoms with Crippen LogP contribution < -0.4 is 0 Å². The molecule has 0 aliphatic rings. The lowest BCUT2D eigenvalue weighted by molar-refractivity contribution is 0.102. The van der Waals surface area contributed by atoms with E-state index in [4.69, 9.17) is 0 Å². The van der Waals surface area contributed by atoms with Crippen LogP contribution in [-0.4, -0.2) is 21.8 Å². The van der Waals surface area contributed by atoms with E-state index < -0.39 is 0 Å². The van der Waals surface area contributed by atoms with Crippen LogP contribution >= 0.6 is 0 Å². The molecule has 2 N–H and O–H groups in total. The maximum absolute atomic E-state index is 13.0. The molecular formula is C38H40O4. The van der Waals surface area contributed by atoms with E-state index in [1.165, 1.54) is 0 Å². The molecule has 0 saturated carbocycles. The van der Waals surface area contributed by atoms with Gasteiger partial charge in [-0.05, 0) is 70.2 Å². The summed E-state index contributed by atoms with van der Waals surface area (Å²) in [6.45, 7) is 12.8. The third kappa shape index (κ3) is 8.07. The largest absolute Gasteiger partial charge is 0.507 e. The summed E-state index contributed by atoms with van der Waals surface area (Å²) < 4.78 is 0. The zero-order chi connectivity index (χ0) is 30.7. The Hall–Kier alpha value is -4.44. The third-order valence-electron chi connectivity index (χ3n) is 6.90. The number of hydrogen-bond acceptors (Lipinski definition) is 4. The average molecular weight is 561 g/mol. The molecule has 0 aliphatic heterocycles. The average Bonchev–Trinajstić information content (AvgIpc) is 2.90. The quantitative estimate of drug-likeness (QED) is 0.167. The molecule has 4 heteroatoms. The summed E-state index contributed by atoms with van der Waals surface area (Å²) in [5.41, 5.74) is 5.59. The Bertz CT molecular complexity index is 1490. The fourth-order valence-corrected chi connectivity index (χ4v) is 4.98. The van der Waals surface area contributed by atoms with Gasteiger partial charge in [-0.3, -0.25) is 9.59 Å². The maximum Gasteiger partial charge on any atom is 0.196 e. The van der Waals surface area contributed by atoms with Crippen molar-refractivity contribution in [3.8, 4) is 11.5 Å². The Kier molecular flexibility index (Phi) is 8.86. The SMILES string of the molecule is CC(C)(C)Cc1ccc(C(=O)c2ccc(/C=C/c3ccc(C(=O)c4ccc(CC(C)(C)C)cc4O)cc3)cc2)c(O)c1. The first-order valence-electron chi connectivity index (χ1n) is 14.3. The number of ketones is 2. The first kappa shape index (κ1) is 30.5. The molecule has 0 radical (unpaired) electrons. The summed E-state index contributed by atoms with van der Waals surface area (Å²) in [5.74, 6) is -0.443. The smallest absolute Gasteiger partial charge is 0.196 e. The van der Waals surface area contributed by atoms with Gasteiger partial charge in [0.25, 0.3) is 0 Å². The van der Waals surface area contributed by atoms with Gasteiger partial charge in [0.2, 0.25) is 0 Å². The second-order valence-corrected chi connectivity index (χ2v) is 13.4. The van der Waals surface area contributed by atoms with Crippen molar-refractivity contribution in [3.05, 3.63) is 129 Å². The van der Waals surface area contributed by atoms with Crippen molar-refractivity contribution in [2.75, 3.05) is 0 Å². The molecule has 0 atom stereocenters. The molecule has 42 heavy (non-hydrogen) atoms. The summed E-state index contributed by atoms with van der Waals surface area (Å²) in [6, 6.07) is 25.0. The van der Waals surface area contributed by atoms with E-state index in [0.29, 0.717) is 22.3 Å². The predicted molar refractivity (Wildman–Crippen MR) is 171 cm³/mol. The Morgan fingerprint density at radius 1 is 0.548 bits per heavy atom. The monoisotopic (exact) mass is 560 g/mol. The van der Waals surface area contributed by atoms with Gasteiger partial charge in [-0.25, -0.2) is 0 Å². The van der Waals surface area contributed by atoms with Crippen molar-refractivity contribution in [2.45, 2.75) is 54.4 Å². The van der Waals surface area contributed by atoms with E-state index in [2.05, 4.69) is 41.5 Å². The van der Waals surface area contributed by atoms with Crippen LogP contribution in [0.4, 0.5) is 0 Å². The second-order valence-electron chi connectivity index (χ2n) is 13.4. The lowest BCUT2D eigenvalue weighted by Gasteiger charge is -2.18. The number of carbonyl (C=O) groups excluding carboxylic acids is 2. The molecule has 0 heterocycles. The summed E-state index contributed by atoms with van der Waals surface area (Å²) >= 11 is 0. The van der Waals surface area contributed by atoms with Gasteiger partial charge in [0.1, 0.15) is 11.5 Å². The molecule has 0 aliphatic carbocycles. The summed E-state index contributed by atoms with van der Waals surface area (Å²) in [5, 5.41) is 21.0. The first-order chi connectivity index (χ1) is 19.7. The molecule has 4 rings (SSSR count).